The number of hydrogen-bond acceptors (Lipinski definition) is 4. The molecule has 110 valence electrons. The van der Waals surface area contributed by atoms with E-state index in [1.54, 1.807) is 12.1 Å². The van der Waals surface area contributed by atoms with Gasteiger partial charge in [-0.15, -0.1) is 6.58 Å². The standard InChI is InChI=1S/C15H22O4Si/c1-5-17-11-12-18-19-15(16)13-7-9-14(10-8-13)20(3,4)6-2/h6-10H,2,5,11-12H2,1,3-4H3. The summed E-state index contributed by atoms with van der Waals surface area (Å²) >= 11 is 0. The summed E-state index contributed by atoms with van der Waals surface area (Å²) in [7, 11) is -1.59. The second-order valence-electron chi connectivity index (χ2n) is 4.89. The van der Waals surface area contributed by atoms with Gasteiger partial charge in [-0.2, -0.15) is 4.89 Å². The molecule has 0 atom stereocenters. The summed E-state index contributed by atoms with van der Waals surface area (Å²) in [4.78, 5) is 21.2. The molecule has 1 aromatic carbocycles. The number of ether oxygens (including phenoxy) is 1. The van der Waals surface area contributed by atoms with Crippen molar-refractivity contribution in [3.63, 3.8) is 0 Å². The van der Waals surface area contributed by atoms with Gasteiger partial charge in [0.1, 0.15) is 14.7 Å². The van der Waals surface area contributed by atoms with Crippen molar-refractivity contribution in [3.05, 3.63) is 42.1 Å². The maximum absolute atomic E-state index is 11.7. The third-order valence-electron chi connectivity index (χ3n) is 3.02. The van der Waals surface area contributed by atoms with E-state index in [-0.39, 0.29) is 6.61 Å². The van der Waals surface area contributed by atoms with Crippen LogP contribution < -0.4 is 5.19 Å². The molecule has 0 unspecified atom stereocenters. The van der Waals surface area contributed by atoms with Gasteiger partial charge in [-0.25, -0.2) is 4.79 Å². The first-order valence-electron chi connectivity index (χ1n) is 6.67. The van der Waals surface area contributed by atoms with Gasteiger partial charge in [0.25, 0.3) is 0 Å². The highest BCUT2D eigenvalue weighted by atomic mass is 28.3. The third kappa shape index (κ3) is 4.92. The zero-order chi connectivity index (χ0) is 15.0. The van der Waals surface area contributed by atoms with E-state index in [2.05, 4.69) is 19.7 Å². The molecular formula is C15H22O4Si. The molecule has 0 aliphatic carbocycles. The normalized spacial score (nSPS) is 11.2. The van der Waals surface area contributed by atoms with Crippen LogP contribution in [0.25, 0.3) is 0 Å². The van der Waals surface area contributed by atoms with E-state index in [9.17, 15) is 4.79 Å². The van der Waals surface area contributed by atoms with E-state index in [0.717, 1.165) is 0 Å². The second kappa shape index (κ2) is 7.99. The Hall–Kier alpha value is -1.43. The molecule has 0 aliphatic rings. The first-order valence-corrected chi connectivity index (χ1v) is 9.74. The van der Waals surface area contributed by atoms with E-state index in [1.807, 2.05) is 24.8 Å². The first-order chi connectivity index (χ1) is 9.51. The van der Waals surface area contributed by atoms with Gasteiger partial charge < -0.3 is 4.74 Å². The van der Waals surface area contributed by atoms with E-state index in [0.29, 0.717) is 18.8 Å². The van der Waals surface area contributed by atoms with E-state index in [1.165, 1.54) is 5.19 Å². The molecule has 0 amide bonds. The fourth-order valence-electron chi connectivity index (χ4n) is 1.53. The lowest BCUT2D eigenvalue weighted by Crippen LogP contribution is -2.39. The fraction of sp³-hybridized carbons (Fsp3) is 0.400. The van der Waals surface area contributed by atoms with Crippen molar-refractivity contribution in [1.82, 2.24) is 0 Å². The Bertz CT molecular complexity index is 440. The zero-order valence-corrected chi connectivity index (χ0v) is 13.3. The Balaban J connectivity index is 2.52. The molecule has 0 aliphatic heterocycles. The van der Waals surface area contributed by atoms with Crippen LogP contribution in [0.1, 0.15) is 17.3 Å². The largest absolute Gasteiger partial charge is 0.379 e. The van der Waals surface area contributed by atoms with Crippen LogP contribution in [0, 0.1) is 0 Å². The summed E-state index contributed by atoms with van der Waals surface area (Å²) in [6.07, 6.45) is 0. The number of benzene rings is 1. The summed E-state index contributed by atoms with van der Waals surface area (Å²) < 4.78 is 5.07. The fourth-order valence-corrected chi connectivity index (χ4v) is 2.80. The van der Waals surface area contributed by atoms with Gasteiger partial charge in [-0.05, 0) is 19.1 Å². The third-order valence-corrected chi connectivity index (χ3v) is 5.87. The topological polar surface area (TPSA) is 44.8 Å². The van der Waals surface area contributed by atoms with Gasteiger partial charge in [0.05, 0.1) is 12.2 Å². The quantitative estimate of drug-likeness (QED) is 0.320. The molecule has 0 spiro atoms. The molecule has 1 rings (SSSR count). The van der Waals surface area contributed by atoms with Crippen LogP contribution in [0.3, 0.4) is 0 Å². The molecule has 0 saturated heterocycles. The van der Waals surface area contributed by atoms with Crippen molar-refractivity contribution < 1.29 is 19.3 Å². The highest BCUT2D eigenvalue weighted by molar-refractivity contribution is 6.93. The Morgan fingerprint density at radius 1 is 1.25 bits per heavy atom. The smallest absolute Gasteiger partial charge is 0.373 e. The average Bonchev–Trinajstić information content (AvgIpc) is 2.47. The molecule has 0 radical (unpaired) electrons. The predicted molar refractivity (Wildman–Crippen MR) is 81.6 cm³/mol. The van der Waals surface area contributed by atoms with E-state index >= 15 is 0 Å². The zero-order valence-electron chi connectivity index (χ0n) is 12.3. The molecule has 5 heteroatoms. The molecule has 0 saturated carbocycles. The Morgan fingerprint density at radius 3 is 2.45 bits per heavy atom. The minimum atomic E-state index is -1.59. The number of hydrogen-bond donors (Lipinski definition) is 0. The number of rotatable bonds is 8. The lowest BCUT2D eigenvalue weighted by Gasteiger charge is -2.17. The molecule has 0 fully saturated rings. The SMILES string of the molecule is C=C[Si](C)(C)c1ccc(C(=O)OOCCOCC)cc1. The minimum absolute atomic E-state index is 0.230. The Labute approximate surface area is 121 Å². The summed E-state index contributed by atoms with van der Waals surface area (Å²) in [5, 5.41) is 1.22. The highest BCUT2D eigenvalue weighted by Gasteiger charge is 2.19. The Kier molecular flexibility index (Phi) is 6.64. The molecule has 0 heterocycles. The number of carbonyl (C=O) groups is 1. The summed E-state index contributed by atoms with van der Waals surface area (Å²) in [5.74, 6) is -0.494. The highest BCUT2D eigenvalue weighted by Crippen LogP contribution is 2.07. The molecule has 1 aromatic rings. The van der Waals surface area contributed by atoms with E-state index < -0.39 is 14.0 Å². The molecule has 0 N–H and O–H groups in total. The molecule has 20 heavy (non-hydrogen) atoms. The van der Waals surface area contributed by atoms with Crippen molar-refractivity contribution in [2.24, 2.45) is 0 Å². The van der Waals surface area contributed by atoms with Crippen molar-refractivity contribution in [3.8, 4) is 0 Å². The maximum atomic E-state index is 11.7. The monoisotopic (exact) mass is 294 g/mol. The minimum Gasteiger partial charge on any atom is -0.379 e. The first kappa shape index (κ1) is 16.6. The van der Waals surface area contributed by atoms with Crippen LogP contribution in [0.5, 0.6) is 0 Å². The van der Waals surface area contributed by atoms with Crippen LogP contribution in [-0.4, -0.2) is 33.9 Å². The van der Waals surface area contributed by atoms with Crippen molar-refractivity contribution in [1.29, 1.82) is 0 Å². The molecule has 0 bridgehead atoms. The van der Waals surface area contributed by atoms with E-state index in [4.69, 9.17) is 14.5 Å². The van der Waals surface area contributed by atoms with Crippen molar-refractivity contribution in [2.45, 2.75) is 20.0 Å². The van der Waals surface area contributed by atoms with Crippen molar-refractivity contribution >= 4 is 19.2 Å². The van der Waals surface area contributed by atoms with Crippen LogP contribution >= 0.6 is 0 Å². The van der Waals surface area contributed by atoms with Gasteiger partial charge in [-0.3, -0.25) is 4.89 Å². The van der Waals surface area contributed by atoms with Crippen LogP contribution in [0.4, 0.5) is 0 Å². The van der Waals surface area contributed by atoms with Gasteiger partial charge in [0.2, 0.25) is 0 Å². The maximum Gasteiger partial charge on any atom is 0.373 e. The van der Waals surface area contributed by atoms with Gasteiger partial charge >= 0.3 is 5.97 Å². The van der Waals surface area contributed by atoms with Crippen LogP contribution in [0.2, 0.25) is 13.1 Å². The summed E-state index contributed by atoms with van der Waals surface area (Å²) in [5.41, 5.74) is 2.48. The summed E-state index contributed by atoms with van der Waals surface area (Å²) in [6, 6.07) is 7.40. The second-order valence-corrected chi connectivity index (χ2v) is 9.32. The average molecular weight is 294 g/mol. The van der Waals surface area contributed by atoms with Crippen LogP contribution in [-0.2, 0) is 14.5 Å². The van der Waals surface area contributed by atoms with Gasteiger partial charge in [-0.1, -0.05) is 36.1 Å². The molecule has 0 aromatic heterocycles. The van der Waals surface area contributed by atoms with Crippen LogP contribution in [0.15, 0.2) is 36.5 Å². The lowest BCUT2D eigenvalue weighted by atomic mass is 10.2. The number of carbonyl (C=O) groups excluding carboxylic acids is 1. The van der Waals surface area contributed by atoms with Gasteiger partial charge in [0.15, 0.2) is 0 Å². The lowest BCUT2D eigenvalue weighted by molar-refractivity contribution is -0.247. The Morgan fingerprint density at radius 2 is 1.90 bits per heavy atom. The predicted octanol–water partition coefficient (Wildman–Crippen LogP) is 2.45. The molecular weight excluding hydrogens is 272 g/mol. The van der Waals surface area contributed by atoms with Gasteiger partial charge in [0, 0.05) is 6.61 Å². The molecule has 4 nitrogen and oxygen atoms in total. The summed E-state index contributed by atoms with van der Waals surface area (Å²) in [6.45, 7) is 11.4. The van der Waals surface area contributed by atoms with Crippen molar-refractivity contribution in [2.75, 3.05) is 19.8 Å².